The lowest BCUT2D eigenvalue weighted by molar-refractivity contribution is 0.0497. The van der Waals surface area contributed by atoms with E-state index in [0.717, 1.165) is 51.6 Å². The van der Waals surface area contributed by atoms with Crippen LogP contribution in [-0.4, -0.2) is 43.2 Å². The number of nitrogens with one attached hydrogen (secondary N) is 2. The number of carbonyl (C=O) groups is 2. The Labute approximate surface area is 178 Å². The van der Waals surface area contributed by atoms with Gasteiger partial charge in [-0.15, -0.1) is 0 Å². The van der Waals surface area contributed by atoms with Gasteiger partial charge in [-0.25, -0.2) is 9.18 Å². The number of alkyl carbamates (subject to hydrolysis) is 1. The Morgan fingerprint density at radius 1 is 1.17 bits per heavy atom. The van der Waals surface area contributed by atoms with Gasteiger partial charge in [0.1, 0.15) is 5.60 Å². The highest BCUT2D eigenvalue weighted by Gasteiger charge is 2.20. The Kier molecular flexibility index (Phi) is 9.56. The fourth-order valence-corrected chi connectivity index (χ4v) is 3.52. The Bertz CT molecular complexity index is 678. The van der Waals surface area contributed by atoms with Crippen molar-refractivity contribution in [3.63, 3.8) is 0 Å². The van der Waals surface area contributed by atoms with Crippen LogP contribution in [0.15, 0.2) is 18.2 Å². The van der Waals surface area contributed by atoms with E-state index in [9.17, 15) is 14.0 Å². The molecule has 6 nitrogen and oxygen atoms in total. The second-order valence-corrected chi connectivity index (χ2v) is 8.84. The minimum atomic E-state index is -0.539. The van der Waals surface area contributed by atoms with E-state index in [2.05, 4.69) is 10.6 Å². The van der Waals surface area contributed by atoms with Crippen LogP contribution in [0.2, 0.25) is 0 Å². The highest BCUT2D eigenvalue weighted by molar-refractivity contribution is 5.76. The van der Waals surface area contributed by atoms with Crippen LogP contribution in [0.4, 0.5) is 9.18 Å². The van der Waals surface area contributed by atoms with Crippen molar-refractivity contribution in [1.82, 2.24) is 10.6 Å². The summed E-state index contributed by atoms with van der Waals surface area (Å²) in [7, 11) is 0. The van der Waals surface area contributed by atoms with E-state index >= 15 is 0 Å². The third kappa shape index (κ3) is 8.69. The normalized spacial score (nSPS) is 19.8. The zero-order valence-electron chi connectivity index (χ0n) is 18.3. The molecule has 1 aromatic carbocycles. The highest BCUT2D eigenvalue weighted by atomic mass is 19.1. The van der Waals surface area contributed by atoms with Crippen molar-refractivity contribution in [2.75, 3.05) is 13.1 Å². The fourth-order valence-electron chi connectivity index (χ4n) is 3.52. The zero-order valence-corrected chi connectivity index (χ0v) is 18.3. The maximum Gasteiger partial charge on any atom is 0.407 e. The number of ether oxygens (including phenoxy) is 2. The number of amides is 1. The van der Waals surface area contributed by atoms with Crippen molar-refractivity contribution in [3.05, 3.63) is 29.6 Å². The van der Waals surface area contributed by atoms with Crippen molar-refractivity contribution in [1.29, 1.82) is 0 Å². The summed E-state index contributed by atoms with van der Waals surface area (Å²) in [6.45, 7) is 7.49. The largest absolute Gasteiger partial charge is 0.487 e. The molecule has 0 bridgehead atoms. The van der Waals surface area contributed by atoms with Gasteiger partial charge in [0.05, 0.1) is 11.7 Å². The van der Waals surface area contributed by atoms with Gasteiger partial charge < -0.3 is 20.1 Å². The lowest BCUT2D eigenvalue weighted by atomic mass is 9.98. The molecule has 2 N–H and O–H groups in total. The first-order chi connectivity index (χ1) is 14.3. The van der Waals surface area contributed by atoms with Crippen LogP contribution in [0.3, 0.4) is 0 Å². The van der Waals surface area contributed by atoms with E-state index in [-0.39, 0.29) is 29.6 Å². The monoisotopic (exact) mass is 422 g/mol. The standard InChI is InChI=1S/C13H15FO2.C10H20N2O2/c14-13-10(9-15)5-4-8-12(13)16-11-6-2-1-3-7-11;1-10(2,3)14-9(13)12-8-5-4-6-11-7-8/h4-5,8-9,11H,1-3,6-7H2;8,11H,4-7H2,1-3H3,(H,12,13)/t;8-/m.1/s1. The van der Waals surface area contributed by atoms with E-state index in [1.165, 1.54) is 12.5 Å². The molecule has 3 rings (SSSR count). The summed E-state index contributed by atoms with van der Waals surface area (Å²) in [4.78, 5) is 21.9. The molecule has 1 heterocycles. The predicted molar refractivity (Wildman–Crippen MR) is 115 cm³/mol. The van der Waals surface area contributed by atoms with Gasteiger partial charge in [0.15, 0.2) is 17.9 Å². The van der Waals surface area contributed by atoms with Crippen LogP contribution in [0, 0.1) is 5.82 Å². The van der Waals surface area contributed by atoms with Crippen molar-refractivity contribution in [2.45, 2.75) is 83.5 Å². The average Bonchev–Trinajstić information content (AvgIpc) is 2.70. The van der Waals surface area contributed by atoms with Gasteiger partial charge >= 0.3 is 6.09 Å². The van der Waals surface area contributed by atoms with E-state index in [4.69, 9.17) is 9.47 Å². The Morgan fingerprint density at radius 3 is 2.50 bits per heavy atom. The Balaban J connectivity index is 0.000000216. The number of carbonyl (C=O) groups excluding carboxylic acids is 2. The van der Waals surface area contributed by atoms with Crippen LogP contribution >= 0.6 is 0 Å². The first-order valence-corrected chi connectivity index (χ1v) is 10.9. The number of hydrogen-bond acceptors (Lipinski definition) is 5. The van der Waals surface area contributed by atoms with Gasteiger partial charge in [-0.3, -0.25) is 4.79 Å². The van der Waals surface area contributed by atoms with Crippen molar-refractivity contribution in [3.8, 4) is 5.75 Å². The molecule has 1 saturated carbocycles. The van der Waals surface area contributed by atoms with Crippen molar-refractivity contribution < 1.29 is 23.5 Å². The Hall–Kier alpha value is -2.15. The summed E-state index contributed by atoms with van der Waals surface area (Å²) >= 11 is 0. The number of piperidine rings is 1. The van der Waals surface area contributed by atoms with Crippen LogP contribution in [0.25, 0.3) is 0 Å². The minimum Gasteiger partial charge on any atom is -0.487 e. The summed E-state index contributed by atoms with van der Waals surface area (Å²) in [6, 6.07) is 4.90. The molecule has 1 aliphatic heterocycles. The molecule has 30 heavy (non-hydrogen) atoms. The van der Waals surface area contributed by atoms with Crippen LogP contribution in [0.1, 0.15) is 76.1 Å². The maximum absolute atomic E-state index is 13.7. The molecule has 0 radical (unpaired) electrons. The number of aldehydes is 1. The van der Waals surface area contributed by atoms with E-state index < -0.39 is 11.4 Å². The molecule has 0 spiro atoms. The maximum atomic E-state index is 13.7. The summed E-state index contributed by atoms with van der Waals surface area (Å²) in [5, 5.41) is 6.08. The smallest absolute Gasteiger partial charge is 0.407 e. The number of hydrogen-bond donors (Lipinski definition) is 2. The summed E-state index contributed by atoms with van der Waals surface area (Å²) in [6.07, 6.45) is 7.91. The molecule has 0 unspecified atom stereocenters. The molecule has 0 aromatic heterocycles. The summed E-state index contributed by atoms with van der Waals surface area (Å²) in [5.41, 5.74) is -0.347. The lowest BCUT2D eigenvalue weighted by Crippen LogP contribution is -2.47. The van der Waals surface area contributed by atoms with Crippen LogP contribution in [-0.2, 0) is 4.74 Å². The van der Waals surface area contributed by atoms with Gasteiger partial charge in [0.25, 0.3) is 0 Å². The molecule has 1 amide bonds. The number of rotatable bonds is 4. The molecule has 7 heteroatoms. The van der Waals surface area contributed by atoms with Crippen molar-refractivity contribution >= 4 is 12.4 Å². The lowest BCUT2D eigenvalue weighted by Gasteiger charge is -2.26. The molecule has 1 aromatic rings. The van der Waals surface area contributed by atoms with Crippen LogP contribution in [0.5, 0.6) is 5.75 Å². The third-order valence-electron chi connectivity index (χ3n) is 4.98. The van der Waals surface area contributed by atoms with Gasteiger partial charge in [0, 0.05) is 12.6 Å². The molecule has 168 valence electrons. The molecule has 2 fully saturated rings. The van der Waals surface area contributed by atoms with Crippen molar-refractivity contribution in [2.24, 2.45) is 0 Å². The van der Waals surface area contributed by atoms with Gasteiger partial charge in [-0.2, -0.15) is 0 Å². The van der Waals surface area contributed by atoms with E-state index in [1.807, 2.05) is 20.8 Å². The van der Waals surface area contributed by atoms with Gasteiger partial charge in [-0.1, -0.05) is 12.5 Å². The third-order valence-corrected chi connectivity index (χ3v) is 4.98. The molecule has 1 aliphatic carbocycles. The quantitative estimate of drug-likeness (QED) is 0.693. The molecular formula is C23H35FN2O4. The number of halogens is 1. The topological polar surface area (TPSA) is 76.7 Å². The highest BCUT2D eigenvalue weighted by Crippen LogP contribution is 2.26. The summed E-state index contributed by atoms with van der Waals surface area (Å²) < 4.78 is 24.4. The average molecular weight is 423 g/mol. The molecule has 1 atom stereocenters. The van der Waals surface area contributed by atoms with Gasteiger partial charge in [0.2, 0.25) is 0 Å². The van der Waals surface area contributed by atoms with E-state index in [1.54, 1.807) is 12.1 Å². The zero-order chi connectivity index (χ0) is 22.0. The second-order valence-electron chi connectivity index (χ2n) is 8.84. The molecule has 2 aliphatic rings. The predicted octanol–water partition coefficient (Wildman–Crippen LogP) is 4.61. The fraction of sp³-hybridized carbons (Fsp3) is 0.652. The first-order valence-electron chi connectivity index (χ1n) is 10.9. The summed E-state index contributed by atoms with van der Waals surface area (Å²) in [5.74, 6) is -0.334. The SMILES string of the molecule is CC(C)(C)OC(=O)N[C@@H]1CCCNC1.O=Cc1cccc(OC2CCCCC2)c1F. The molecule has 1 saturated heterocycles. The second kappa shape index (κ2) is 11.9. The molecular weight excluding hydrogens is 387 g/mol. The first kappa shape index (κ1) is 24.1. The van der Waals surface area contributed by atoms with Crippen LogP contribution < -0.4 is 15.4 Å². The minimum absolute atomic E-state index is 0.0632. The number of benzene rings is 1. The van der Waals surface area contributed by atoms with E-state index in [0.29, 0.717) is 6.29 Å². The Morgan fingerprint density at radius 2 is 1.90 bits per heavy atom. The van der Waals surface area contributed by atoms with Gasteiger partial charge in [-0.05, 0) is 78.0 Å².